The molecule has 0 atom stereocenters. The Kier molecular flexibility index (Phi) is 5.17. The van der Waals surface area contributed by atoms with E-state index in [4.69, 9.17) is 4.74 Å². The Labute approximate surface area is 121 Å². The number of hydrogen-bond acceptors (Lipinski definition) is 5. The van der Waals surface area contributed by atoms with Gasteiger partial charge in [0, 0.05) is 18.3 Å². The van der Waals surface area contributed by atoms with E-state index in [1.807, 2.05) is 26.8 Å². The molecule has 2 heterocycles. The molecule has 1 aliphatic heterocycles. The van der Waals surface area contributed by atoms with Gasteiger partial charge in [0.15, 0.2) is 0 Å². The third-order valence-electron chi connectivity index (χ3n) is 3.57. The first-order valence-electron chi connectivity index (χ1n) is 7.47. The van der Waals surface area contributed by atoms with Gasteiger partial charge in [-0.25, -0.2) is 4.98 Å². The van der Waals surface area contributed by atoms with Crippen LogP contribution in [0, 0.1) is 12.8 Å². The van der Waals surface area contributed by atoms with Crippen molar-refractivity contribution >= 4 is 5.95 Å². The van der Waals surface area contributed by atoms with E-state index in [0.29, 0.717) is 17.7 Å². The van der Waals surface area contributed by atoms with Crippen LogP contribution in [0.25, 0.3) is 0 Å². The fraction of sp³-hybridized carbons (Fsp3) is 0.733. The van der Waals surface area contributed by atoms with Gasteiger partial charge in [-0.2, -0.15) is 4.98 Å². The normalized spacial score (nSPS) is 17.4. The summed E-state index contributed by atoms with van der Waals surface area (Å²) in [6.45, 7) is 9.28. The molecule has 0 saturated carbocycles. The zero-order valence-electron chi connectivity index (χ0n) is 13.0. The van der Waals surface area contributed by atoms with Crippen molar-refractivity contribution in [1.82, 2.24) is 14.9 Å². The standard InChI is InChI=1S/C15H26N4O/c1-11(2)20-14-9-12(3)17-15(18-14)16-10-13-5-7-19(4)8-6-13/h9,11,13H,5-8,10H2,1-4H3,(H,16,17,18). The lowest BCUT2D eigenvalue weighted by molar-refractivity contribution is 0.225. The summed E-state index contributed by atoms with van der Waals surface area (Å²) in [5.74, 6) is 2.04. The second-order valence-corrected chi connectivity index (χ2v) is 5.97. The highest BCUT2D eigenvalue weighted by molar-refractivity contribution is 5.30. The highest BCUT2D eigenvalue weighted by Crippen LogP contribution is 2.18. The molecule has 0 bridgehead atoms. The van der Waals surface area contributed by atoms with Gasteiger partial charge in [-0.05, 0) is 59.7 Å². The van der Waals surface area contributed by atoms with Crippen LogP contribution in [0.4, 0.5) is 5.95 Å². The monoisotopic (exact) mass is 278 g/mol. The van der Waals surface area contributed by atoms with Crippen LogP contribution in [0.1, 0.15) is 32.4 Å². The lowest BCUT2D eigenvalue weighted by atomic mass is 9.97. The summed E-state index contributed by atoms with van der Waals surface area (Å²) < 4.78 is 5.64. The minimum Gasteiger partial charge on any atom is -0.475 e. The Bertz CT molecular complexity index is 428. The number of aromatic nitrogens is 2. The van der Waals surface area contributed by atoms with Gasteiger partial charge < -0.3 is 15.0 Å². The van der Waals surface area contributed by atoms with Crippen LogP contribution in [0.3, 0.4) is 0 Å². The van der Waals surface area contributed by atoms with Crippen LogP contribution < -0.4 is 10.1 Å². The van der Waals surface area contributed by atoms with E-state index in [2.05, 4.69) is 27.2 Å². The van der Waals surface area contributed by atoms with Crippen molar-refractivity contribution in [2.45, 2.75) is 39.7 Å². The van der Waals surface area contributed by atoms with E-state index in [0.717, 1.165) is 12.2 Å². The lowest BCUT2D eigenvalue weighted by Gasteiger charge is -2.28. The van der Waals surface area contributed by atoms with Crippen molar-refractivity contribution in [3.8, 4) is 5.88 Å². The van der Waals surface area contributed by atoms with Gasteiger partial charge in [0.1, 0.15) is 0 Å². The van der Waals surface area contributed by atoms with Crippen LogP contribution in [0.2, 0.25) is 0 Å². The summed E-state index contributed by atoms with van der Waals surface area (Å²) in [4.78, 5) is 11.2. The summed E-state index contributed by atoms with van der Waals surface area (Å²) in [5, 5.41) is 3.36. The molecule has 0 aliphatic carbocycles. The van der Waals surface area contributed by atoms with Crippen LogP contribution >= 0.6 is 0 Å². The Hall–Kier alpha value is -1.36. The molecular weight excluding hydrogens is 252 g/mol. The summed E-state index contributed by atoms with van der Waals surface area (Å²) in [5.41, 5.74) is 0.932. The molecule has 1 aromatic heterocycles. The smallest absolute Gasteiger partial charge is 0.226 e. The van der Waals surface area contributed by atoms with Crippen molar-refractivity contribution in [3.05, 3.63) is 11.8 Å². The molecule has 2 rings (SSSR count). The van der Waals surface area contributed by atoms with E-state index in [9.17, 15) is 0 Å². The Balaban J connectivity index is 1.90. The van der Waals surface area contributed by atoms with E-state index in [1.165, 1.54) is 25.9 Å². The minimum absolute atomic E-state index is 0.131. The van der Waals surface area contributed by atoms with Gasteiger partial charge in [-0.15, -0.1) is 0 Å². The fourth-order valence-corrected chi connectivity index (χ4v) is 2.42. The topological polar surface area (TPSA) is 50.3 Å². The number of piperidine rings is 1. The van der Waals surface area contributed by atoms with Crippen LogP contribution in [-0.2, 0) is 0 Å². The maximum absolute atomic E-state index is 5.64. The number of aryl methyl sites for hydroxylation is 1. The second kappa shape index (κ2) is 6.88. The Morgan fingerprint density at radius 1 is 1.35 bits per heavy atom. The predicted octanol–water partition coefficient (Wildman–Crippen LogP) is 2.33. The molecule has 112 valence electrons. The number of rotatable bonds is 5. The first kappa shape index (κ1) is 15.0. The van der Waals surface area contributed by atoms with Gasteiger partial charge in [-0.3, -0.25) is 0 Å². The zero-order valence-corrected chi connectivity index (χ0v) is 13.0. The minimum atomic E-state index is 0.131. The van der Waals surface area contributed by atoms with Crippen molar-refractivity contribution in [3.63, 3.8) is 0 Å². The van der Waals surface area contributed by atoms with Crippen LogP contribution in [-0.4, -0.2) is 47.7 Å². The van der Waals surface area contributed by atoms with E-state index < -0.39 is 0 Å². The molecule has 1 aromatic rings. The first-order valence-corrected chi connectivity index (χ1v) is 7.47. The molecule has 1 aliphatic rings. The SMILES string of the molecule is Cc1cc(OC(C)C)nc(NCC2CCN(C)CC2)n1. The molecule has 0 unspecified atom stereocenters. The Morgan fingerprint density at radius 2 is 2.05 bits per heavy atom. The van der Waals surface area contributed by atoms with Gasteiger partial charge in [-0.1, -0.05) is 0 Å². The zero-order chi connectivity index (χ0) is 14.5. The molecular formula is C15H26N4O. The van der Waals surface area contributed by atoms with E-state index in [-0.39, 0.29) is 6.10 Å². The molecule has 0 aromatic carbocycles. The second-order valence-electron chi connectivity index (χ2n) is 5.97. The lowest BCUT2D eigenvalue weighted by Crippen LogP contribution is -2.33. The third-order valence-corrected chi connectivity index (χ3v) is 3.57. The number of nitrogens with one attached hydrogen (secondary N) is 1. The van der Waals surface area contributed by atoms with Crippen molar-refractivity contribution in [2.75, 3.05) is 32.0 Å². The number of likely N-dealkylation sites (tertiary alicyclic amines) is 1. The largest absolute Gasteiger partial charge is 0.475 e. The average molecular weight is 278 g/mol. The van der Waals surface area contributed by atoms with Gasteiger partial charge in [0.25, 0.3) is 0 Å². The van der Waals surface area contributed by atoms with Gasteiger partial charge in [0.2, 0.25) is 11.8 Å². The van der Waals surface area contributed by atoms with Crippen LogP contribution in [0.15, 0.2) is 6.07 Å². The van der Waals surface area contributed by atoms with E-state index in [1.54, 1.807) is 0 Å². The van der Waals surface area contributed by atoms with Gasteiger partial charge in [0.05, 0.1) is 6.10 Å². The molecule has 0 amide bonds. The maximum Gasteiger partial charge on any atom is 0.226 e. The highest BCUT2D eigenvalue weighted by atomic mass is 16.5. The van der Waals surface area contributed by atoms with E-state index >= 15 is 0 Å². The molecule has 1 N–H and O–H groups in total. The molecule has 5 heteroatoms. The number of hydrogen-bond donors (Lipinski definition) is 1. The summed E-state index contributed by atoms with van der Waals surface area (Å²) in [7, 11) is 2.18. The summed E-state index contributed by atoms with van der Waals surface area (Å²) in [6.07, 6.45) is 2.61. The number of nitrogens with zero attached hydrogens (tertiary/aromatic N) is 3. The van der Waals surface area contributed by atoms with Crippen molar-refractivity contribution < 1.29 is 4.74 Å². The highest BCUT2D eigenvalue weighted by Gasteiger charge is 2.16. The van der Waals surface area contributed by atoms with Crippen molar-refractivity contribution in [1.29, 1.82) is 0 Å². The molecule has 0 spiro atoms. The maximum atomic E-state index is 5.64. The number of ether oxygens (including phenoxy) is 1. The van der Waals surface area contributed by atoms with Gasteiger partial charge >= 0.3 is 0 Å². The molecule has 1 saturated heterocycles. The third kappa shape index (κ3) is 4.63. The molecule has 1 fully saturated rings. The molecule has 20 heavy (non-hydrogen) atoms. The van der Waals surface area contributed by atoms with Crippen molar-refractivity contribution in [2.24, 2.45) is 5.92 Å². The first-order chi connectivity index (χ1) is 9.52. The average Bonchev–Trinajstić information content (AvgIpc) is 2.36. The van der Waals surface area contributed by atoms with Crippen LogP contribution in [0.5, 0.6) is 5.88 Å². The fourth-order valence-electron chi connectivity index (χ4n) is 2.42. The quantitative estimate of drug-likeness (QED) is 0.896. The summed E-state index contributed by atoms with van der Waals surface area (Å²) in [6, 6.07) is 1.88. The Morgan fingerprint density at radius 3 is 2.70 bits per heavy atom. The molecule has 0 radical (unpaired) electrons. The molecule has 5 nitrogen and oxygen atoms in total. The predicted molar refractivity (Wildman–Crippen MR) is 81.2 cm³/mol. The number of anilines is 1. The summed E-state index contributed by atoms with van der Waals surface area (Å²) >= 11 is 0.